The second kappa shape index (κ2) is 6.30. The van der Waals surface area contributed by atoms with E-state index in [0.29, 0.717) is 33.4 Å². The normalized spacial score (nSPS) is 15.2. The van der Waals surface area contributed by atoms with E-state index < -0.39 is 5.82 Å². The SMILES string of the molecule is Cc1nc2nc(C3CCCC3)nc(-c3ccc(Cl)cc3F)c2nc1C. The van der Waals surface area contributed by atoms with Crippen LogP contribution in [0.1, 0.15) is 48.8 Å². The number of aryl methyl sites for hydroxylation is 2. The molecule has 1 aliphatic rings. The quantitative estimate of drug-likeness (QED) is 0.636. The van der Waals surface area contributed by atoms with Crippen LogP contribution in [0, 0.1) is 19.7 Å². The third-order valence-electron chi connectivity index (χ3n) is 4.87. The fourth-order valence-electron chi connectivity index (χ4n) is 3.37. The first kappa shape index (κ1) is 16.3. The second-order valence-electron chi connectivity index (χ2n) is 6.60. The number of benzene rings is 1. The summed E-state index contributed by atoms with van der Waals surface area (Å²) in [4.78, 5) is 18.6. The summed E-state index contributed by atoms with van der Waals surface area (Å²) >= 11 is 5.90. The van der Waals surface area contributed by atoms with Crippen LogP contribution in [0.4, 0.5) is 4.39 Å². The average molecular weight is 357 g/mol. The highest BCUT2D eigenvalue weighted by Gasteiger charge is 2.24. The lowest BCUT2D eigenvalue weighted by Crippen LogP contribution is -2.07. The largest absolute Gasteiger partial charge is 0.246 e. The molecule has 3 aromatic rings. The molecule has 1 saturated carbocycles. The molecule has 0 atom stereocenters. The molecule has 1 aliphatic carbocycles. The summed E-state index contributed by atoms with van der Waals surface area (Å²) < 4.78 is 14.6. The van der Waals surface area contributed by atoms with Gasteiger partial charge in [-0.05, 0) is 44.9 Å². The summed E-state index contributed by atoms with van der Waals surface area (Å²) in [7, 11) is 0. The lowest BCUT2D eigenvalue weighted by molar-refractivity contribution is 0.629. The molecule has 0 saturated heterocycles. The van der Waals surface area contributed by atoms with Crippen molar-refractivity contribution in [2.24, 2.45) is 0 Å². The Labute approximate surface area is 150 Å². The Morgan fingerprint density at radius 2 is 1.72 bits per heavy atom. The molecular formula is C19H18ClFN4. The molecular weight excluding hydrogens is 339 g/mol. The third kappa shape index (κ3) is 2.97. The van der Waals surface area contributed by atoms with Crippen LogP contribution in [0.2, 0.25) is 5.02 Å². The van der Waals surface area contributed by atoms with Gasteiger partial charge in [-0.1, -0.05) is 24.4 Å². The number of fused-ring (bicyclic) bond motifs is 1. The van der Waals surface area contributed by atoms with Gasteiger partial charge in [0.25, 0.3) is 0 Å². The zero-order chi connectivity index (χ0) is 17.6. The van der Waals surface area contributed by atoms with E-state index in [0.717, 1.165) is 30.1 Å². The first-order valence-electron chi connectivity index (χ1n) is 8.51. The van der Waals surface area contributed by atoms with E-state index in [1.165, 1.54) is 18.9 Å². The van der Waals surface area contributed by atoms with Crippen molar-refractivity contribution in [3.63, 3.8) is 0 Å². The van der Waals surface area contributed by atoms with Crippen molar-refractivity contribution in [3.8, 4) is 11.3 Å². The maximum absolute atomic E-state index is 14.6. The van der Waals surface area contributed by atoms with Crippen LogP contribution < -0.4 is 0 Å². The van der Waals surface area contributed by atoms with Gasteiger partial charge in [0.15, 0.2) is 5.65 Å². The summed E-state index contributed by atoms with van der Waals surface area (Å²) in [6, 6.07) is 4.61. The molecule has 128 valence electrons. The molecule has 0 amide bonds. The van der Waals surface area contributed by atoms with Crippen molar-refractivity contribution in [1.82, 2.24) is 19.9 Å². The highest BCUT2D eigenvalue weighted by molar-refractivity contribution is 6.30. The Balaban J connectivity index is 2.00. The number of rotatable bonds is 2. The van der Waals surface area contributed by atoms with Gasteiger partial charge in [-0.3, -0.25) is 0 Å². The molecule has 0 spiro atoms. The van der Waals surface area contributed by atoms with Crippen molar-refractivity contribution < 1.29 is 4.39 Å². The van der Waals surface area contributed by atoms with Gasteiger partial charge in [0.05, 0.1) is 11.4 Å². The molecule has 0 unspecified atom stereocenters. The second-order valence-corrected chi connectivity index (χ2v) is 7.04. The maximum Gasteiger partial charge on any atom is 0.182 e. The Morgan fingerprint density at radius 3 is 2.44 bits per heavy atom. The molecule has 0 N–H and O–H groups in total. The van der Waals surface area contributed by atoms with Crippen LogP contribution in [0.5, 0.6) is 0 Å². The molecule has 25 heavy (non-hydrogen) atoms. The molecule has 2 aromatic heterocycles. The Bertz CT molecular complexity index is 967. The van der Waals surface area contributed by atoms with Crippen molar-refractivity contribution >= 4 is 22.8 Å². The van der Waals surface area contributed by atoms with Crippen LogP contribution in [-0.2, 0) is 0 Å². The van der Waals surface area contributed by atoms with Gasteiger partial charge < -0.3 is 0 Å². The average Bonchev–Trinajstić information content (AvgIpc) is 3.10. The minimum Gasteiger partial charge on any atom is -0.246 e. The number of nitrogens with zero attached hydrogens (tertiary/aromatic N) is 4. The van der Waals surface area contributed by atoms with Gasteiger partial charge >= 0.3 is 0 Å². The van der Waals surface area contributed by atoms with E-state index in [2.05, 4.69) is 15.0 Å². The minimum atomic E-state index is -0.412. The van der Waals surface area contributed by atoms with Crippen LogP contribution in [0.3, 0.4) is 0 Å². The van der Waals surface area contributed by atoms with Gasteiger partial charge in [0, 0.05) is 16.5 Å². The summed E-state index contributed by atoms with van der Waals surface area (Å²) in [6.07, 6.45) is 4.48. The molecule has 0 aliphatic heterocycles. The van der Waals surface area contributed by atoms with Crippen molar-refractivity contribution in [1.29, 1.82) is 0 Å². The summed E-state index contributed by atoms with van der Waals surface area (Å²) in [5, 5.41) is 0.355. The molecule has 1 fully saturated rings. The molecule has 2 heterocycles. The highest BCUT2D eigenvalue weighted by Crippen LogP contribution is 2.35. The molecule has 0 bridgehead atoms. The van der Waals surface area contributed by atoms with Crippen LogP contribution in [0.25, 0.3) is 22.4 Å². The number of hydrogen-bond donors (Lipinski definition) is 0. The fraction of sp³-hybridized carbons (Fsp3) is 0.368. The van der Waals surface area contributed by atoms with E-state index in [1.54, 1.807) is 12.1 Å². The number of hydrogen-bond acceptors (Lipinski definition) is 4. The van der Waals surface area contributed by atoms with E-state index in [9.17, 15) is 4.39 Å². The van der Waals surface area contributed by atoms with Gasteiger partial charge in [-0.2, -0.15) is 0 Å². The summed E-state index contributed by atoms with van der Waals surface area (Å²) in [5.41, 5.74) is 3.56. The number of aromatic nitrogens is 4. The van der Waals surface area contributed by atoms with Gasteiger partial charge in [0.2, 0.25) is 0 Å². The monoisotopic (exact) mass is 356 g/mol. The summed E-state index contributed by atoms with van der Waals surface area (Å²) in [5.74, 6) is 0.638. The van der Waals surface area contributed by atoms with Crippen LogP contribution in [0.15, 0.2) is 18.2 Å². The van der Waals surface area contributed by atoms with Crippen LogP contribution >= 0.6 is 11.6 Å². The fourth-order valence-corrected chi connectivity index (χ4v) is 3.52. The first-order chi connectivity index (χ1) is 12.0. The zero-order valence-corrected chi connectivity index (χ0v) is 14.9. The predicted molar refractivity (Wildman–Crippen MR) is 96.2 cm³/mol. The Kier molecular flexibility index (Phi) is 4.12. The van der Waals surface area contributed by atoms with Gasteiger partial charge in [-0.25, -0.2) is 24.3 Å². The van der Waals surface area contributed by atoms with Crippen molar-refractivity contribution in [2.75, 3.05) is 0 Å². The maximum atomic E-state index is 14.6. The molecule has 1 aromatic carbocycles. The lowest BCUT2D eigenvalue weighted by atomic mass is 10.1. The van der Waals surface area contributed by atoms with E-state index in [-0.39, 0.29) is 0 Å². The standard InChI is InChI=1S/C19H18ClFN4/c1-10-11(2)23-19-17(22-10)16(14-8-7-13(20)9-15(14)21)24-18(25-19)12-5-3-4-6-12/h7-9,12H,3-6H2,1-2H3. The third-order valence-corrected chi connectivity index (χ3v) is 5.10. The minimum absolute atomic E-state index is 0.307. The lowest BCUT2D eigenvalue weighted by Gasteiger charge is -2.13. The molecule has 4 rings (SSSR count). The molecule has 6 heteroatoms. The molecule has 4 nitrogen and oxygen atoms in total. The topological polar surface area (TPSA) is 51.6 Å². The zero-order valence-electron chi connectivity index (χ0n) is 14.2. The first-order valence-corrected chi connectivity index (χ1v) is 8.89. The smallest absolute Gasteiger partial charge is 0.182 e. The van der Waals surface area contributed by atoms with Crippen LogP contribution in [-0.4, -0.2) is 19.9 Å². The highest BCUT2D eigenvalue weighted by atomic mass is 35.5. The Hall–Kier alpha value is -2.14. The van der Waals surface area contributed by atoms with Gasteiger partial charge in [0.1, 0.15) is 22.9 Å². The van der Waals surface area contributed by atoms with E-state index in [1.807, 2.05) is 13.8 Å². The van der Waals surface area contributed by atoms with Gasteiger partial charge in [-0.15, -0.1) is 0 Å². The predicted octanol–water partition coefficient (Wildman–Crippen LogP) is 5.15. The summed E-state index contributed by atoms with van der Waals surface area (Å²) in [6.45, 7) is 3.79. The molecule has 0 radical (unpaired) electrons. The van der Waals surface area contributed by atoms with Crippen molar-refractivity contribution in [3.05, 3.63) is 46.3 Å². The van der Waals surface area contributed by atoms with E-state index in [4.69, 9.17) is 16.6 Å². The van der Waals surface area contributed by atoms with Crippen molar-refractivity contribution in [2.45, 2.75) is 45.4 Å². The number of halogens is 2. The Morgan fingerprint density at radius 1 is 1.00 bits per heavy atom. The van der Waals surface area contributed by atoms with E-state index >= 15 is 0 Å².